The minimum absolute atomic E-state index is 0.128. The summed E-state index contributed by atoms with van der Waals surface area (Å²) in [6.07, 6.45) is -0.256. The average Bonchev–Trinajstić information content (AvgIpc) is 2.51. The Hall–Kier alpha value is -1.38. The summed E-state index contributed by atoms with van der Waals surface area (Å²) in [5, 5.41) is 0. The number of hydrogen-bond acceptors (Lipinski definition) is 5. The summed E-state index contributed by atoms with van der Waals surface area (Å²) in [7, 11) is 1.67. The van der Waals surface area contributed by atoms with Crippen LogP contribution >= 0.6 is 22.6 Å². The van der Waals surface area contributed by atoms with Crippen molar-refractivity contribution in [3.05, 3.63) is 15.7 Å². The maximum atomic E-state index is 12.3. The molecule has 24 heavy (non-hydrogen) atoms. The average molecular weight is 446 g/mol. The van der Waals surface area contributed by atoms with E-state index in [9.17, 15) is 4.79 Å². The summed E-state index contributed by atoms with van der Waals surface area (Å²) < 4.78 is 17.9. The van der Waals surface area contributed by atoms with Crippen LogP contribution in [-0.4, -0.2) is 56.0 Å². The van der Waals surface area contributed by atoms with E-state index < -0.39 is 5.60 Å². The first-order valence-electron chi connectivity index (χ1n) is 8.03. The fraction of sp³-hybridized carbons (Fsp3) is 0.588. The predicted octanol–water partition coefficient (Wildman–Crippen LogP) is 3.12. The van der Waals surface area contributed by atoms with Gasteiger partial charge in [0.1, 0.15) is 23.7 Å². The maximum Gasteiger partial charge on any atom is 0.410 e. The van der Waals surface area contributed by atoms with Gasteiger partial charge in [0.25, 0.3) is 0 Å². The highest BCUT2D eigenvalue weighted by molar-refractivity contribution is 14.1. The molecule has 0 bridgehead atoms. The van der Waals surface area contributed by atoms with E-state index in [2.05, 4.69) is 27.5 Å². The Morgan fingerprint density at radius 3 is 2.75 bits per heavy atom. The molecule has 1 fully saturated rings. The summed E-state index contributed by atoms with van der Waals surface area (Å²) in [6, 6.07) is 4.15. The van der Waals surface area contributed by atoms with Crippen molar-refractivity contribution in [1.82, 2.24) is 4.90 Å². The highest BCUT2D eigenvalue weighted by Crippen LogP contribution is 2.40. The van der Waals surface area contributed by atoms with Crippen LogP contribution < -0.4 is 14.4 Å². The van der Waals surface area contributed by atoms with Crippen LogP contribution in [0.3, 0.4) is 0 Å². The minimum Gasteiger partial charge on any atom is -0.496 e. The van der Waals surface area contributed by atoms with Crippen LogP contribution in [0, 0.1) is 3.57 Å². The van der Waals surface area contributed by atoms with Crippen molar-refractivity contribution in [1.29, 1.82) is 0 Å². The highest BCUT2D eigenvalue weighted by atomic mass is 127. The van der Waals surface area contributed by atoms with Gasteiger partial charge in [-0.05, 0) is 49.4 Å². The van der Waals surface area contributed by atoms with Gasteiger partial charge < -0.3 is 24.0 Å². The standard InChI is InChI=1S/C17H23IN2O4/c1-17(2,3)24-16(21)19-5-6-20-11(9-19)10-23-15-7-12(18)14(22-4)8-13(15)20/h7-8,11H,5-6,9-10H2,1-4H3/t11-/m1/s1. The lowest BCUT2D eigenvalue weighted by Crippen LogP contribution is -2.59. The second kappa shape index (κ2) is 6.50. The molecule has 0 spiro atoms. The molecule has 0 N–H and O–H groups in total. The largest absolute Gasteiger partial charge is 0.496 e. The SMILES string of the molecule is COc1cc2c(cc1I)OC[C@H]1CN(C(=O)OC(C)(C)C)CCN21. The van der Waals surface area contributed by atoms with Crippen LogP contribution in [0.25, 0.3) is 0 Å². The number of ether oxygens (including phenoxy) is 3. The zero-order valence-corrected chi connectivity index (χ0v) is 16.6. The Morgan fingerprint density at radius 1 is 1.33 bits per heavy atom. The number of benzene rings is 1. The summed E-state index contributed by atoms with van der Waals surface area (Å²) >= 11 is 2.25. The van der Waals surface area contributed by atoms with Crippen molar-refractivity contribution in [2.75, 3.05) is 38.3 Å². The van der Waals surface area contributed by atoms with Crippen LogP contribution in [-0.2, 0) is 4.74 Å². The van der Waals surface area contributed by atoms with E-state index in [1.54, 1.807) is 12.0 Å². The Kier molecular flexibility index (Phi) is 4.72. The molecule has 0 saturated carbocycles. The lowest BCUT2D eigenvalue weighted by molar-refractivity contribution is 0.0194. The minimum atomic E-state index is -0.478. The normalized spacial score (nSPS) is 20.0. The number of nitrogens with zero attached hydrogens (tertiary/aromatic N) is 2. The molecule has 6 nitrogen and oxygen atoms in total. The lowest BCUT2D eigenvalue weighted by atomic mass is 10.1. The van der Waals surface area contributed by atoms with Gasteiger partial charge in [-0.3, -0.25) is 0 Å². The van der Waals surface area contributed by atoms with Crippen molar-refractivity contribution in [3.63, 3.8) is 0 Å². The predicted molar refractivity (Wildman–Crippen MR) is 100 cm³/mol. The summed E-state index contributed by atoms with van der Waals surface area (Å²) in [6.45, 7) is 8.21. The molecule has 2 aliphatic heterocycles. The number of methoxy groups -OCH3 is 1. The number of hydrogen-bond donors (Lipinski definition) is 0. The van der Waals surface area contributed by atoms with Crippen LogP contribution in [0.15, 0.2) is 12.1 Å². The molecule has 1 aromatic rings. The van der Waals surface area contributed by atoms with Gasteiger partial charge >= 0.3 is 6.09 Å². The van der Waals surface area contributed by atoms with E-state index in [0.29, 0.717) is 19.7 Å². The third kappa shape index (κ3) is 3.50. The second-order valence-electron chi connectivity index (χ2n) is 7.04. The van der Waals surface area contributed by atoms with Crippen LogP contribution in [0.5, 0.6) is 11.5 Å². The molecule has 2 heterocycles. The smallest absolute Gasteiger partial charge is 0.410 e. The van der Waals surface area contributed by atoms with Gasteiger partial charge in [-0.1, -0.05) is 0 Å². The van der Waals surface area contributed by atoms with Gasteiger partial charge in [-0.25, -0.2) is 4.79 Å². The van der Waals surface area contributed by atoms with Crippen LogP contribution in [0.1, 0.15) is 20.8 Å². The van der Waals surface area contributed by atoms with Gasteiger partial charge in [-0.15, -0.1) is 0 Å². The molecule has 1 aromatic carbocycles. The molecular formula is C17H23IN2O4. The fourth-order valence-electron chi connectivity index (χ4n) is 3.01. The molecule has 1 amide bonds. The quantitative estimate of drug-likeness (QED) is 0.621. The number of anilines is 1. The monoisotopic (exact) mass is 446 g/mol. The van der Waals surface area contributed by atoms with Gasteiger partial charge in [0, 0.05) is 25.7 Å². The van der Waals surface area contributed by atoms with Gasteiger partial charge in [-0.2, -0.15) is 0 Å². The zero-order valence-electron chi connectivity index (χ0n) is 14.5. The number of fused-ring (bicyclic) bond motifs is 3. The summed E-state index contributed by atoms with van der Waals surface area (Å²) in [4.78, 5) is 16.4. The van der Waals surface area contributed by atoms with E-state index in [1.165, 1.54) is 0 Å². The van der Waals surface area contributed by atoms with Crippen molar-refractivity contribution in [3.8, 4) is 11.5 Å². The number of piperazine rings is 1. The Bertz CT molecular complexity index is 644. The van der Waals surface area contributed by atoms with Gasteiger partial charge in [0.05, 0.1) is 22.4 Å². The Morgan fingerprint density at radius 2 is 2.08 bits per heavy atom. The van der Waals surface area contributed by atoms with Crippen LogP contribution in [0.2, 0.25) is 0 Å². The zero-order chi connectivity index (χ0) is 17.5. The van der Waals surface area contributed by atoms with E-state index in [1.807, 2.05) is 32.9 Å². The number of carbonyl (C=O) groups excluding carboxylic acids is 1. The first kappa shape index (κ1) is 17.4. The molecule has 0 aromatic heterocycles. The van der Waals surface area contributed by atoms with Crippen molar-refractivity contribution < 1.29 is 19.0 Å². The lowest BCUT2D eigenvalue weighted by Gasteiger charge is -2.45. The molecule has 7 heteroatoms. The fourth-order valence-corrected chi connectivity index (χ4v) is 3.67. The van der Waals surface area contributed by atoms with E-state index in [0.717, 1.165) is 27.3 Å². The van der Waals surface area contributed by atoms with Crippen molar-refractivity contribution in [2.24, 2.45) is 0 Å². The second-order valence-corrected chi connectivity index (χ2v) is 8.20. The van der Waals surface area contributed by atoms with Gasteiger partial charge in [0.15, 0.2) is 0 Å². The molecule has 3 rings (SSSR count). The maximum absolute atomic E-state index is 12.3. The molecule has 1 atom stereocenters. The first-order chi connectivity index (χ1) is 11.3. The first-order valence-corrected chi connectivity index (χ1v) is 9.11. The van der Waals surface area contributed by atoms with E-state index in [-0.39, 0.29) is 12.1 Å². The Labute approximate surface area is 156 Å². The molecule has 0 aliphatic carbocycles. The van der Waals surface area contributed by atoms with Crippen molar-refractivity contribution >= 4 is 34.4 Å². The number of amides is 1. The third-order valence-corrected chi connectivity index (χ3v) is 4.95. The summed E-state index contributed by atoms with van der Waals surface area (Å²) in [5.74, 6) is 1.72. The third-order valence-electron chi connectivity index (χ3n) is 4.11. The summed E-state index contributed by atoms with van der Waals surface area (Å²) in [5.41, 5.74) is 0.556. The number of rotatable bonds is 1. The molecular weight excluding hydrogens is 423 g/mol. The molecule has 0 unspecified atom stereocenters. The highest BCUT2D eigenvalue weighted by Gasteiger charge is 2.36. The topological polar surface area (TPSA) is 51.2 Å². The molecule has 132 valence electrons. The van der Waals surface area contributed by atoms with E-state index in [4.69, 9.17) is 14.2 Å². The molecule has 0 radical (unpaired) electrons. The van der Waals surface area contributed by atoms with E-state index >= 15 is 0 Å². The van der Waals surface area contributed by atoms with Gasteiger partial charge in [0.2, 0.25) is 0 Å². The number of carbonyl (C=O) groups is 1. The molecule has 2 aliphatic rings. The van der Waals surface area contributed by atoms with Crippen LogP contribution in [0.4, 0.5) is 10.5 Å². The Balaban J connectivity index is 1.76. The molecule has 1 saturated heterocycles. The van der Waals surface area contributed by atoms with Crippen molar-refractivity contribution in [2.45, 2.75) is 32.4 Å². The number of halogens is 1.